The predicted molar refractivity (Wildman–Crippen MR) is 91.6 cm³/mol. The van der Waals surface area contributed by atoms with E-state index >= 15 is 0 Å². The maximum Gasteiger partial charge on any atom is 0.287 e. The van der Waals surface area contributed by atoms with Gasteiger partial charge in [0.25, 0.3) is 5.91 Å². The molecule has 3 rings (SSSR count). The molecule has 1 aliphatic rings. The number of morpholine rings is 1. The molecule has 1 N–H and O–H groups in total. The molecule has 0 radical (unpaired) electrons. The van der Waals surface area contributed by atoms with E-state index in [0.717, 1.165) is 25.2 Å². The van der Waals surface area contributed by atoms with Crippen molar-refractivity contribution in [1.82, 2.24) is 10.2 Å². The van der Waals surface area contributed by atoms with Crippen LogP contribution in [0.25, 0.3) is 0 Å². The molecular formula is C19H24N2O3. The smallest absolute Gasteiger partial charge is 0.287 e. The lowest BCUT2D eigenvalue weighted by molar-refractivity contribution is -0.0705. The van der Waals surface area contributed by atoms with Crippen molar-refractivity contribution in [2.24, 2.45) is 0 Å². The average molecular weight is 328 g/mol. The molecule has 24 heavy (non-hydrogen) atoms. The van der Waals surface area contributed by atoms with Crippen LogP contribution in [0.15, 0.2) is 47.1 Å². The average Bonchev–Trinajstić information content (AvgIpc) is 3.07. The number of amides is 1. The molecule has 1 amide bonds. The Bertz CT molecular complexity index is 659. The van der Waals surface area contributed by atoms with E-state index in [9.17, 15) is 4.79 Å². The lowest BCUT2D eigenvalue weighted by atomic mass is 10.1. The zero-order valence-electron chi connectivity index (χ0n) is 14.2. The summed E-state index contributed by atoms with van der Waals surface area (Å²) in [6.07, 6.45) is 2.00. The number of nitrogens with one attached hydrogen (secondary N) is 1. The van der Waals surface area contributed by atoms with Crippen molar-refractivity contribution in [3.8, 4) is 0 Å². The van der Waals surface area contributed by atoms with E-state index < -0.39 is 0 Å². The quantitative estimate of drug-likeness (QED) is 0.917. The number of ether oxygens (including phenoxy) is 1. The lowest BCUT2D eigenvalue weighted by Crippen LogP contribution is -2.45. The molecule has 2 atom stereocenters. The first kappa shape index (κ1) is 16.7. The van der Waals surface area contributed by atoms with Crippen molar-refractivity contribution in [2.75, 3.05) is 13.1 Å². The van der Waals surface area contributed by atoms with E-state index in [1.54, 1.807) is 12.1 Å². The number of carbonyl (C=O) groups excluding carboxylic acids is 1. The van der Waals surface area contributed by atoms with E-state index in [4.69, 9.17) is 9.15 Å². The molecule has 0 unspecified atom stereocenters. The van der Waals surface area contributed by atoms with E-state index in [1.165, 1.54) is 11.8 Å². The summed E-state index contributed by atoms with van der Waals surface area (Å²) in [6, 6.07) is 11.6. The Morgan fingerprint density at radius 3 is 2.50 bits per heavy atom. The number of hydrogen-bond acceptors (Lipinski definition) is 4. The summed E-state index contributed by atoms with van der Waals surface area (Å²) in [5, 5.41) is 2.92. The summed E-state index contributed by atoms with van der Waals surface area (Å²) < 4.78 is 10.9. The lowest BCUT2D eigenvalue weighted by Gasteiger charge is -2.35. The molecule has 0 saturated carbocycles. The number of rotatable bonds is 5. The molecule has 0 bridgehead atoms. The topological polar surface area (TPSA) is 54.7 Å². The Balaban J connectivity index is 1.63. The van der Waals surface area contributed by atoms with Gasteiger partial charge in [0.15, 0.2) is 5.76 Å². The Labute approximate surface area is 142 Å². The molecule has 0 spiro atoms. The van der Waals surface area contributed by atoms with Gasteiger partial charge in [-0.1, -0.05) is 24.3 Å². The molecule has 1 aromatic heterocycles. The van der Waals surface area contributed by atoms with Crippen LogP contribution in [0.3, 0.4) is 0 Å². The Morgan fingerprint density at radius 1 is 1.12 bits per heavy atom. The highest BCUT2D eigenvalue weighted by molar-refractivity contribution is 5.91. The summed E-state index contributed by atoms with van der Waals surface area (Å²) in [5.74, 6) is 0.145. The van der Waals surface area contributed by atoms with Gasteiger partial charge in [-0.15, -0.1) is 0 Å². The zero-order valence-corrected chi connectivity index (χ0v) is 14.2. The molecule has 5 nitrogen and oxygen atoms in total. The van der Waals surface area contributed by atoms with Gasteiger partial charge in [0, 0.05) is 26.2 Å². The van der Waals surface area contributed by atoms with Crippen molar-refractivity contribution < 1.29 is 13.9 Å². The second-order valence-corrected chi connectivity index (χ2v) is 6.38. The molecule has 0 aliphatic carbocycles. The molecule has 2 aromatic rings. The largest absolute Gasteiger partial charge is 0.459 e. The van der Waals surface area contributed by atoms with Crippen LogP contribution in [0.5, 0.6) is 0 Å². The van der Waals surface area contributed by atoms with Crippen LogP contribution in [0.4, 0.5) is 0 Å². The van der Waals surface area contributed by atoms with Crippen LogP contribution in [0, 0.1) is 0 Å². The summed E-state index contributed by atoms with van der Waals surface area (Å²) in [4.78, 5) is 14.4. The van der Waals surface area contributed by atoms with Crippen LogP contribution in [0.1, 0.15) is 35.5 Å². The number of carbonyl (C=O) groups is 1. The standard InChI is InChI=1S/C19H24N2O3/c1-14-11-21(12-15(2)24-14)13-17-7-4-3-6-16(17)10-20-19(22)18-8-5-9-23-18/h3-9,14-15H,10-13H2,1-2H3,(H,20,22)/t14-,15-/m1/s1. The molecule has 1 saturated heterocycles. The van der Waals surface area contributed by atoms with Crippen molar-refractivity contribution in [3.63, 3.8) is 0 Å². The van der Waals surface area contributed by atoms with Gasteiger partial charge in [0.1, 0.15) is 0 Å². The monoisotopic (exact) mass is 328 g/mol. The van der Waals surface area contributed by atoms with Gasteiger partial charge in [-0.3, -0.25) is 9.69 Å². The van der Waals surface area contributed by atoms with Crippen LogP contribution < -0.4 is 5.32 Å². The van der Waals surface area contributed by atoms with Crippen LogP contribution in [-0.2, 0) is 17.8 Å². The maximum absolute atomic E-state index is 12.0. The molecule has 2 heterocycles. The summed E-state index contributed by atoms with van der Waals surface area (Å²) >= 11 is 0. The third-order valence-electron chi connectivity index (χ3n) is 4.19. The SMILES string of the molecule is C[C@@H]1CN(Cc2ccccc2CNC(=O)c2ccco2)C[C@@H](C)O1. The minimum atomic E-state index is -0.191. The fourth-order valence-corrected chi connectivity index (χ4v) is 3.21. The number of nitrogens with zero attached hydrogens (tertiary/aromatic N) is 1. The van der Waals surface area contributed by atoms with Gasteiger partial charge in [-0.05, 0) is 37.1 Å². The molecule has 1 aliphatic heterocycles. The van der Waals surface area contributed by atoms with E-state index in [2.05, 4.69) is 36.2 Å². The Morgan fingerprint density at radius 2 is 1.83 bits per heavy atom. The number of benzene rings is 1. The fourth-order valence-electron chi connectivity index (χ4n) is 3.21. The minimum Gasteiger partial charge on any atom is -0.459 e. The van der Waals surface area contributed by atoms with E-state index in [0.29, 0.717) is 12.3 Å². The van der Waals surface area contributed by atoms with Gasteiger partial charge in [0.05, 0.1) is 18.5 Å². The van der Waals surface area contributed by atoms with Gasteiger partial charge < -0.3 is 14.5 Å². The van der Waals surface area contributed by atoms with Crippen LogP contribution in [-0.4, -0.2) is 36.1 Å². The number of hydrogen-bond donors (Lipinski definition) is 1. The second kappa shape index (κ2) is 7.64. The fraction of sp³-hybridized carbons (Fsp3) is 0.421. The van der Waals surface area contributed by atoms with Gasteiger partial charge >= 0.3 is 0 Å². The third-order valence-corrected chi connectivity index (χ3v) is 4.19. The highest BCUT2D eigenvalue weighted by atomic mass is 16.5. The Hall–Kier alpha value is -2.11. The number of furan rings is 1. The summed E-state index contributed by atoms with van der Waals surface area (Å²) in [7, 11) is 0. The first-order valence-corrected chi connectivity index (χ1v) is 8.38. The van der Waals surface area contributed by atoms with Gasteiger partial charge in [-0.2, -0.15) is 0 Å². The predicted octanol–water partition coefficient (Wildman–Crippen LogP) is 2.82. The highest BCUT2D eigenvalue weighted by Crippen LogP contribution is 2.17. The minimum absolute atomic E-state index is 0.191. The second-order valence-electron chi connectivity index (χ2n) is 6.38. The zero-order chi connectivity index (χ0) is 16.9. The highest BCUT2D eigenvalue weighted by Gasteiger charge is 2.22. The Kier molecular flexibility index (Phi) is 5.33. The first-order valence-electron chi connectivity index (χ1n) is 8.38. The van der Waals surface area contributed by atoms with Gasteiger partial charge in [0.2, 0.25) is 0 Å². The molecule has 5 heteroatoms. The van der Waals surface area contributed by atoms with Crippen LogP contribution >= 0.6 is 0 Å². The molecule has 1 fully saturated rings. The van der Waals surface area contributed by atoms with Crippen molar-refractivity contribution >= 4 is 5.91 Å². The first-order chi connectivity index (χ1) is 11.6. The molecule has 128 valence electrons. The van der Waals surface area contributed by atoms with Crippen molar-refractivity contribution in [1.29, 1.82) is 0 Å². The molecule has 1 aromatic carbocycles. The maximum atomic E-state index is 12.0. The van der Waals surface area contributed by atoms with Crippen molar-refractivity contribution in [3.05, 3.63) is 59.5 Å². The summed E-state index contributed by atoms with van der Waals surface area (Å²) in [5.41, 5.74) is 2.36. The summed E-state index contributed by atoms with van der Waals surface area (Å²) in [6.45, 7) is 7.43. The molecular weight excluding hydrogens is 304 g/mol. The van der Waals surface area contributed by atoms with E-state index in [-0.39, 0.29) is 18.1 Å². The van der Waals surface area contributed by atoms with Gasteiger partial charge in [-0.25, -0.2) is 0 Å². The van der Waals surface area contributed by atoms with E-state index in [1.807, 2.05) is 12.1 Å². The van der Waals surface area contributed by atoms with Crippen LogP contribution in [0.2, 0.25) is 0 Å². The third kappa shape index (κ3) is 4.24. The van der Waals surface area contributed by atoms with Crippen molar-refractivity contribution in [2.45, 2.75) is 39.1 Å². The normalized spacial score (nSPS) is 21.6.